The molecule has 118 valence electrons. The second-order valence-corrected chi connectivity index (χ2v) is 5.40. The number of alkyl halides is 3. The number of hydrogen-bond acceptors (Lipinski definition) is 4. The lowest BCUT2D eigenvalue weighted by Crippen LogP contribution is -2.24. The van der Waals surface area contributed by atoms with Crippen LogP contribution in [0, 0.1) is 6.92 Å². The van der Waals surface area contributed by atoms with E-state index in [0.29, 0.717) is 10.4 Å². The van der Waals surface area contributed by atoms with Crippen LogP contribution >= 0.6 is 11.3 Å². The highest BCUT2D eigenvalue weighted by Crippen LogP contribution is 2.20. The molecular weight excluding hydrogens is 317 g/mol. The third kappa shape index (κ3) is 4.45. The van der Waals surface area contributed by atoms with Crippen LogP contribution in [0.3, 0.4) is 0 Å². The first-order valence-corrected chi connectivity index (χ1v) is 7.20. The fraction of sp³-hybridized carbons (Fsp3) is 0.286. The van der Waals surface area contributed by atoms with Crippen molar-refractivity contribution in [3.63, 3.8) is 0 Å². The predicted molar refractivity (Wildman–Crippen MR) is 76.0 cm³/mol. The average molecular weight is 330 g/mol. The summed E-state index contributed by atoms with van der Waals surface area (Å²) in [5.74, 6) is -0.416. The van der Waals surface area contributed by atoms with Gasteiger partial charge in [-0.1, -0.05) is 6.07 Å². The Morgan fingerprint density at radius 1 is 1.41 bits per heavy atom. The van der Waals surface area contributed by atoms with Crippen LogP contribution < -0.4 is 10.1 Å². The molecule has 0 spiro atoms. The molecule has 0 bridgehead atoms. The smallest absolute Gasteiger partial charge is 0.422 e. The van der Waals surface area contributed by atoms with Gasteiger partial charge in [-0.15, -0.1) is 11.3 Å². The normalized spacial score (nSPS) is 11.3. The molecule has 0 unspecified atom stereocenters. The van der Waals surface area contributed by atoms with Crippen LogP contribution in [0.25, 0.3) is 0 Å². The van der Waals surface area contributed by atoms with Gasteiger partial charge in [-0.05, 0) is 30.0 Å². The first-order valence-electron chi connectivity index (χ1n) is 6.32. The van der Waals surface area contributed by atoms with E-state index in [9.17, 15) is 18.0 Å². The van der Waals surface area contributed by atoms with E-state index in [0.717, 1.165) is 5.56 Å². The van der Waals surface area contributed by atoms with Gasteiger partial charge in [-0.3, -0.25) is 4.79 Å². The van der Waals surface area contributed by atoms with Gasteiger partial charge in [0.15, 0.2) is 6.61 Å². The summed E-state index contributed by atoms with van der Waals surface area (Å²) in [6.07, 6.45) is -3.10. The predicted octanol–water partition coefficient (Wildman–Crippen LogP) is 3.32. The number of aromatic nitrogens is 1. The van der Waals surface area contributed by atoms with E-state index < -0.39 is 12.8 Å². The van der Waals surface area contributed by atoms with Gasteiger partial charge in [0, 0.05) is 18.3 Å². The summed E-state index contributed by atoms with van der Waals surface area (Å²) in [7, 11) is 0. The van der Waals surface area contributed by atoms with Crippen LogP contribution in [0.1, 0.15) is 20.8 Å². The molecule has 1 N–H and O–H groups in total. The second-order valence-electron chi connectivity index (χ2n) is 4.49. The molecule has 2 heterocycles. The van der Waals surface area contributed by atoms with Crippen molar-refractivity contribution >= 4 is 17.2 Å². The minimum absolute atomic E-state index is 0.0389. The maximum Gasteiger partial charge on any atom is 0.422 e. The Morgan fingerprint density at radius 3 is 2.82 bits per heavy atom. The fourth-order valence-corrected chi connectivity index (χ4v) is 2.54. The molecule has 0 aliphatic rings. The molecule has 0 saturated heterocycles. The van der Waals surface area contributed by atoms with E-state index in [-0.39, 0.29) is 18.3 Å². The van der Waals surface area contributed by atoms with E-state index in [1.165, 1.54) is 17.5 Å². The number of pyridine rings is 1. The van der Waals surface area contributed by atoms with Crippen LogP contribution in [-0.4, -0.2) is 23.7 Å². The highest BCUT2D eigenvalue weighted by molar-refractivity contribution is 7.12. The van der Waals surface area contributed by atoms with Crippen LogP contribution in [0.4, 0.5) is 13.2 Å². The molecule has 0 atom stereocenters. The molecule has 0 saturated carbocycles. The lowest BCUT2D eigenvalue weighted by Gasteiger charge is -2.12. The molecule has 2 rings (SSSR count). The van der Waals surface area contributed by atoms with Crippen molar-refractivity contribution in [1.82, 2.24) is 10.3 Å². The first-order chi connectivity index (χ1) is 10.4. The van der Waals surface area contributed by atoms with Gasteiger partial charge < -0.3 is 10.1 Å². The van der Waals surface area contributed by atoms with Crippen molar-refractivity contribution < 1.29 is 22.7 Å². The number of halogens is 3. The largest absolute Gasteiger partial charge is 0.468 e. The number of carbonyl (C=O) groups is 1. The summed E-state index contributed by atoms with van der Waals surface area (Å²) in [5.41, 5.74) is 1.23. The number of ether oxygens (including phenoxy) is 1. The Bertz CT molecular complexity index is 656. The van der Waals surface area contributed by atoms with Crippen LogP contribution in [-0.2, 0) is 6.54 Å². The first kappa shape index (κ1) is 16.3. The second kappa shape index (κ2) is 6.78. The lowest BCUT2D eigenvalue weighted by molar-refractivity contribution is -0.154. The fourth-order valence-electron chi connectivity index (χ4n) is 1.70. The molecule has 22 heavy (non-hydrogen) atoms. The number of rotatable bonds is 5. The zero-order valence-electron chi connectivity index (χ0n) is 11.6. The molecule has 1 amide bonds. The topological polar surface area (TPSA) is 51.2 Å². The monoisotopic (exact) mass is 330 g/mol. The average Bonchev–Trinajstić information content (AvgIpc) is 2.89. The van der Waals surface area contributed by atoms with Gasteiger partial charge in [0.2, 0.25) is 5.88 Å². The maximum absolute atomic E-state index is 12.2. The molecule has 0 aliphatic carbocycles. The lowest BCUT2D eigenvalue weighted by atomic mass is 10.2. The number of aryl methyl sites for hydroxylation is 1. The Hall–Kier alpha value is -2.09. The van der Waals surface area contributed by atoms with Gasteiger partial charge in [0.05, 0.1) is 4.88 Å². The molecule has 2 aromatic rings. The summed E-state index contributed by atoms with van der Waals surface area (Å²) in [6, 6.07) is 4.94. The molecule has 0 aliphatic heterocycles. The number of nitrogens with zero attached hydrogens (tertiary/aromatic N) is 1. The molecular formula is C14H13F3N2O2S. The van der Waals surface area contributed by atoms with Crippen LogP contribution in [0.2, 0.25) is 0 Å². The minimum Gasteiger partial charge on any atom is -0.468 e. The summed E-state index contributed by atoms with van der Waals surface area (Å²) >= 11 is 1.30. The number of carbonyl (C=O) groups excluding carboxylic acids is 1. The zero-order valence-corrected chi connectivity index (χ0v) is 12.4. The van der Waals surface area contributed by atoms with Crippen molar-refractivity contribution in [1.29, 1.82) is 0 Å². The molecule has 0 fully saturated rings. The van der Waals surface area contributed by atoms with Crippen molar-refractivity contribution in [2.75, 3.05) is 6.61 Å². The Balaban J connectivity index is 2.01. The number of nitrogens with one attached hydrogen (secondary N) is 1. The highest BCUT2D eigenvalue weighted by atomic mass is 32.1. The minimum atomic E-state index is -4.44. The SMILES string of the molecule is Cc1ccsc1C(=O)NCc1cccnc1OCC(F)(F)F. The van der Waals surface area contributed by atoms with E-state index in [1.54, 1.807) is 17.5 Å². The number of amides is 1. The Morgan fingerprint density at radius 2 is 2.18 bits per heavy atom. The Labute approximate surface area is 128 Å². The van der Waals surface area contributed by atoms with Crippen molar-refractivity contribution in [2.45, 2.75) is 19.6 Å². The summed E-state index contributed by atoms with van der Waals surface area (Å²) in [4.78, 5) is 16.3. The quantitative estimate of drug-likeness (QED) is 0.915. The summed E-state index contributed by atoms with van der Waals surface area (Å²) < 4.78 is 41.3. The van der Waals surface area contributed by atoms with Gasteiger partial charge in [0.25, 0.3) is 5.91 Å². The van der Waals surface area contributed by atoms with E-state index in [1.807, 2.05) is 13.0 Å². The van der Waals surface area contributed by atoms with E-state index in [4.69, 9.17) is 0 Å². The third-order valence-electron chi connectivity index (χ3n) is 2.73. The third-order valence-corrected chi connectivity index (χ3v) is 3.75. The maximum atomic E-state index is 12.2. The van der Waals surface area contributed by atoms with Gasteiger partial charge in [-0.2, -0.15) is 13.2 Å². The Kier molecular flexibility index (Phi) is 5.02. The molecule has 8 heteroatoms. The van der Waals surface area contributed by atoms with E-state index in [2.05, 4.69) is 15.0 Å². The summed E-state index contributed by atoms with van der Waals surface area (Å²) in [5, 5.41) is 4.45. The number of thiophene rings is 1. The highest BCUT2D eigenvalue weighted by Gasteiger charge is 2.29. The number of hydrogen-bond donors (Lipinski definition) is 1. The standard InChI is InChI=1S/C14H13F3N2O2S/c1-9-4-6-22-11(9)12(20)19-7-10-3-2-5-18-13(10)21-8-14(15,16)17/h2-6H,7-8H2,1H3,(H,19,20). The molecule has 0 aromatic carbocycles. The zero-order chi connectivity index (χ0) is 16.2. The molecule has 4 nitrogen and oxygen atoms in total. The van der Waals surface area contributed by atoms with Gasteiger partial charge >= 0.3 is 6.18 Å². The van der Waals surface area contributed by atoms with Crippen LogP contribution in [0.15, 0.2) is 29.8 Å². The van der Waals surface area contributed by atoms with E-state index >= 15 is 0 Å². The van der Waals surface area contributed by atoms with Gasteiger partial charge in [0.1, 0.15) is 0 Å². The molecule has 0 radical (unpaired) electrons. The van der Waals surface area contributed by atoms with Gasteiger partial charge in [-0.25, -0.2) is 4.98 Å². The van der Waals surface area contributed by atoms with Crippen molar-refractivity contribution in [2.24, 2.45) is 0 Å². The van der Waals surface area contributed by atoms with Crippen LogP contribution in [0.5, 0.6) is 5.88 Å². The molecule has 2 aromatic heterocycles. The summed E-state index contributed by atoms with van der Waals surface area (Å²) in [6.45, 7) is 0.430. The van der Waals surface area contributed by atoms with Crippen molar-refractivity contribution in [3.8, 4) is 5.88 Å². The van der Waals surface area contributed by atoms with Crippen molar-refractivity contribution in [3.05, 3.63) is 45.8 Å².